The molecule has 6 N–H and O–H groups in total. The molecule has 0 aromatic heterocycles. The number of rotatable bonds is 9. The molecule has 1 unspecified atom stereocenters. The van der Waals surface area contributed by atoms with Gasteiger partial charge in [-0.2, -0.15) is 0 Å². The van der Waals surface area contributed by atoms with Gasteiger partial charge in [0.05, 0.1) is 0 Å². The van der Waals surface area contributed by atoms with E-state index in [1.165, 1.54) is 5.56 Å². The van der Waals surface area contributed by atoms with E-state index in [9.17, 15) is 9.59 Å². The fourth-order valence-electron chi connectivity index (χ4n) is 2.18. The quantitative estimate of drug-likeness (QED) is 0.509. The lowest BCUT2D eigenvalue weighted by Crippen LogP contribution is -2.32. The van der Waals surface area contributed by atoms with Crippen molar-refractivity contribution in [3.05, 3.63) is 35.4 Å². The standard InChI is InChI=1S/C17H28N4O2.ClH/c1-12(2)13-6-8-14(9-7-13)15(18)11-21-16(22)5-3-4-10-20-17(19)23;/h6-9,12,15H,3-5,10-11,18H2,1-2H3,(H,21,22)(H3,19,20,23);1H. The van der Waals surface area contributed by atoms with Crippen molar-refractivity contribution < 1.29 is 9.59 Å². The average molecular weight is 357 g/mol. The Balaban J connectivity index is 0.00000529. The summed E-state index contributed by atoms with van der Waals surface area (Å²) in [6.07, 6.45) is 1.84. The van der Waals surface area contributed by atoms with Gasteiger partial charge in [0.15, 0.2) is 0 Å². The van der Waals surface area contributed by atoms with Crippen LogP contribution in [0.4, 0.5) is 4.79 Å². The molecular weight excluding hydrogens is 328 g/mol. The topological polar surface area (TPSA) is 110 Å². The Morgan fingerprint density at radius 1 is 1.04 bits per heavy atom. The van der Waals surface area contributed by atoms with Crippen LogP contribution in [-0.4, -0.2) is 25.0 Å². The third-order valence-electron chi connectivity index (χ3n) is 3.68. The second-order valence-electron chi connectivity index (χ2n) is 5.98. The highest BCUT2D eigenvalue weighted by molar-refractivity contribution is 5.85. The zero-order chi connectivity index (χ0) is 17.2. The molecule has 0 fully saturated rings. The molecule has 0 bridgehead atoms. The van der Waals surface area contributed by atoms with E-state index in [-0.39, 0.29) is 24.4 Å². The number of hydrogen-bond acceptors (Lipinski definition) is 3. The minimum Gasteiger partial charge on any atom is -0.354 e. The van der Waals surface area contributed by atoms with E-state index in [2.05, 4.69) is 36.6 Å². The van der Waals surface area contributed by atoms with Crippen molar-refractivity contribution in [1.29, 1.82) is 0 Å². The molecule has 1 atom stereocenters. The van der Waals surface area contributed by atoms with Crippen molar-refractivity contribution >= 4 is 24.3 Å². The first-order valence-corrected chi connectivity index (χ1v) is 8.05. The molecular formula is C17H29ClN4O2. The Bertz CT molecular complexity index is 506. The maximum atomic E-state index is 11.7. The summed E-state index contributed by atoms with van der Waals surface area (Å²) in [4.78, 5) is 22.2. The van der Waals surface area contributed by atoms with Gasteiger partial charge in [-0.25, -0.2) is 4.79 Å². The number of unbranched alkanes of at least 4 members (excludes halogenated alkanes) is 1. The van der Waals surface area contributed by atoms with Crippen molar-refractivity contribution in [3.63, 3.8) is 0 Å². The number of carbonyl (C=O) groups excluding carboxylic acids is 2. The monoisotopic (exact) mass is 356 g/mol. The molecule has 1 aromatic rings. The van der Waals surface area contributed by atoms with E-state index >= 15 is 0 Å². The fraction of sp³-hybridized carbons (Fsp3) is 0.529. The number of nitrogens with one attached hydrogen (secondary N) is 2. The van der Waals surface area contributed by atoms with Crippen LogP contribution in [0, 0.1) is 0 Å². The number of primary amides is 1. The molecule has 7 heteroatoms. The molecule has 0 aliphatic carbocycles. The maximum Gasteiger partial charge on any atom is 0.312 e. The normalized spacial score (nSPS) is 11.5. The van der Waals surface area contributed by atoms with Gasteiger partial charge in [0.25, 0.3) is 0 Å². The zero-order valence-electron chi connectivity index (χ0n) is 14.4. The van der Waals surface area contributed by atoms with E-state index in [1.807, 2.05) is 12.1 Å². The third-order valence-corrected chi connectivity index (χ3v) is 3.68. The first kappa shape index (κ1) is 22.2. The molecule has 0 aliphatic rings. The summed E-state index contributed by atoms with van der Waals surface area (Å²) in [6.45, 7) is 5.20. The van der Waals surface area contributed by atoms with Gasteiger partial charge in [-0.15, -0.1) is 12.4 Å². The van der Waals surface area contributed by atoms with Gasteiger partial charge in [-0.1, -0.05) is 38.1 Å². The number of hydrogen-bond donors (Lipinski definition) is 4. The van der Waals surface area contributed by atoms with Gasteiger partial charge >= 0.3 is 6.03 Å². The van der Waals surface area contributed by atoms with Crippen LogP contribution < -0.4 is 22.1 Å². The van der Waals surface area contributed by atoms with Crippen LogP contribution in [-0.2, 0) is 4.79 Å². The highest BCUT2D eigenvalue weighted by atomic mass is 35.5. The molecule has 0 saturated heterocycles. The number of nitrogens with two attached hydrogens (primary N) is 2. The fourth-order valence-corrected chi connectivity index (χ4v) is 2.18. The summed E-state index contributed by atoms with van der Waals surface area (Å²) in [5.74, 6) is 0.461. The minimum absolute atomic E-state index is 0. The highest BCUT2D eigenvalue weighted by Crippen LogP contribution is 2.17. The van der Waals surface area contributed by atoms with Crippen LogP contribution in [0.2, 0.25) is 0 Å². The van der Waals surface area contributed by atoms with E-state index in [4.69, 9.17) is 11.5 Å². The molecule has 1 aromatic carbocycles. The van der Waals surface area contributed by atoms with Crippen LogP contribution in [0.3, 0.4) is 0 Å². The molecule has 0 saturated carbocycles. The van der Waals surface area contributed by atoms with Crippen molar-refractivity contribution in [2.75, 3.05) is 13.1 Å². The predicted octanol–water partition coefficient (Wildman–Crippen LogP) is 2.19. The molecule has 0 spiro atoms. The first-order valence-electron chi connectivity index (χ1n) is 8.05. The molecule has 0 aliphatic heterocycles. The Hall–Kier alpha value is -1.79. The Labute approximate surface area is 150 Å². The summed E-state index contributed by atoms with van der Waals surface area (Å²) >= 11 is 0. The number of amides is 3. The van der Waals surface area contributed by atoms with Crippen LogP contribution in [0.25, 0.3) is 0 Å². The number of benzene rings is 1. The Morgan fingerprint density at radius 2 is 1.62 bits per heavy atom. The molecule has 6 nitrogen and oxygen atoms in total. The lowest BCUT2D eigenvalue weighted by molar-refractivity contribution is -0.121. The second kappa shape index (κ2) is 11.7. The summed E-state index contributed by atoms with van der Waals surface area (Å²) in [5.41, 5.74) is 13.3. The van der Waals surface area contributed by atoms with Crippen LogP contribution in [0.15, 0.2) is 24.3 Å². The zero-order valence-corrected chi connectivity index (χ0v) is 15.2. The summed E-state index contributed by atoms with van der Waals surface area (Å²) < 4.78 is 0. The SMILES string of the molecule is CC(C)c1ccc(C(N)CNC(=O)CCCCNC(N)=O)cc1.Cl. The maximum absolute atomic E-state index is 11.7. The lowest BCUT2D eigenvalue weighted by Gasteiger charge is -2.14. The van der Waals surface area contributed by atoms with Gasteiger partial charge in [0, 0.05) is 25.6 Å². The van der Waals surface area contributed by atoms with E-state index < -0.39 is 6.03 Å². The van der Waals surface area contributed by atoms with Crippen LogP contribution >= 0.6 is 12.4 Å². The van der Waals surface area contributed by atoms with Gasteiger partial charge in [0.1, 0.15) is 0 Å². The lowest BCUT2D eigenvalue weighted by atomic mass is 9.99. The van der Waals surface area contributed by atoms with E-state index in [1.54, 1.807) is 0 Å². The van der Waals surface area contributed by atoms with Crippen molar-refractivity contribution in [1.82, 2.24) is 10.6 Å². The molecule has 0 heterocycles. The van der Waals surface area contributed by atoms with Gasteiger partial charge < -0.3 is 22.1 Å². The van der Waals surface area contributed by atoms with Gasteiger partial charge in [0.2, 0.25) is 5.91 Å². The first-order chi connectivity index (χ1) is 10.9. The largest absolute Gasteiger partial charge is 0.354 e. The van der Waals surface area contributed by atoms with E-state index in [0.29, 0.717) is 31.8 Å². The second-order valence-corrected chi connectivity index (χ2v) is 5.98. The summed E-state index contributed by atoms with van der Waals surface area (Å²) in [7, 11) is 0. The highest BCUT2D eigenvalue weighted by Gasteiger charge is 2.09. The average Bonchev–Trinajstić information content (AvgIpc) is 2.52. The van der Waals surface area contributed by atoms with E-state index in [0.717, 1.165) is 12.0 Å². The minimum atomic E-state index is -0.538. The Kier molecular flexibility index (Phi) is 10.8. The summed E-state index contributed by atoms with van der Waals surface area (Å²) in [6, 6.07) is 7.44. The smallest absolute Gasteiger partial charge is 0.312 e. The molecule has 136 valence electrons. The molecule has 0 radical (unpaired) electrons. The van der Waals surface area contributed by atoms with Crippen LogP contribution in [0.1, 0.15) is 56.2 Å². The van der Waals surface area contributed by atoms with Crippen LogP contribution in [0.5, 0.6) is 0 Å². The van der Waals surface area contributed by atoms with Crippen molar-refractivity contribution in [3.8, 4) is 0 Å². The molecule has 3 amide bonds. The van der Waals surface area contributed by atoms with Crippen molar-refractivity contribution in [2.24, 2.45) is 11.5 Å². The number of halogens is 1. The number of urea groups is 1. The Morgan fingerprint density at radius 3 is 2.17 bits per heavy atom. The predicted molar refractivity (Wildman–Crippen MR) is 99.2 cm³/mol. The van der Waals surface area contributed by atoms with Gasteiger partial charge in [-0.3, -0.25) is 4.79 Å². The number of carbonyl (C=O) groups is 2. The van der Waals surface area contributed by atoms with Crippen molar-refractivity contribution in [2.45, 2.75) is 45.1 Å². The molecule has 24 heavy (non-hydrogen) atoms. The molecule has 1 rings (SSSR count). The third kappa shape index (κ3) is 8.74. The summed E-state index contributed by atoms with van der Waals surface area (Å²) in [5, 5.41) is 5.33. The van der Waals surface area contributed by atoms with Gasteiger partial charge in [-0.05, 0) is 29.9 Å².